The maximum Gasteiger partial charge on any atom is 0.230 e. The maximum absolute atomic E-state index is 12.7. The van der Waals surface area contributed by atoms with Gasteiger partial charge in [0.1, 0.15) is 0 Å². The van der Waals surface area contributed by atoms with Gasteiger partial charge in [-0.2, -0.15) is 0 Å². The van der Waals surface area contributed by atoms with Crippen molar-refractivity contribution < 1.29 is 9.90 Å². The molecule has 1 amide bonds. The Balaban J connectivity index is 1.78. The zero-order chi connectivity index (χ0) is 13.2. The van der Waals surface area contributed by atoms with E-state index in [1.807, 2.05) is 11.0 Å². The first-order chi connectivity index (χ1) is 9.29. The highest BCUT2D eigenvalue weighted by Crippen LogP contribution is 2.34. The number of hydrogen-bond donors (Lipinski definition) is 1. The van der Waals surface area contributed by atoms with Crippen LogP contribution < -0.4 is 0 Å². The zero-order valence-electron chi connectivity index (χ0n) is 11.2. The molecule has 1 saturated heterocycles. The van der Waals surface area contributed by atoms with E-state index in [4.69, 9.17) is 0 Å². The average Bonchev–Trinajstić information content (AvgIpc) is 2.95. The van der Waals surface area contributed by atoms with Crippen molar-refractivity contribution in [2.45, 2.75) is 31.6 Å². The third kappa shape index (κ3) is 2.39. The lowest BCUT2D eigenvalue weighted by molar-refractivity contribution is -0.132. The molecule has 2 aliphatic rings. The molecule has 1 aliphatic carbocycles. The summed E-state index contributed by atoms with van der Waals surface area (Å²) in [6, 6.07) is 8.35. The predicted octanol–water partition coefficient (Wildman–Crippen LogP) is 1.95. The average molecular weight is 259 g/mol. The van der Waals surface area contributed by atoms with Gasteiger partial charge in [0, 0.05) is 25.6 Å². The van der Waals surface area contributed by atoms with Gasteiger partial charge in [0.25, 0.3) is 0 Å². The monoisotopic (exact) mass is 259 g/mol. The molecule has 3 nitrogen and oxygen atoms in total. The Labute approximate surface area is 114 Å². The number of likely N-dealkylation sites (tertiary alicyclic amines) is 1. The quantitative estimate of drug-likeness (QED) is 0.882. The van der Waals surface area contributed by atoms with Crippen molar-refractivity contribution in [1.82, 2.24) is 4.90 Å². The molecule has 19 heavy (non-hydrogen) atoms. The summed E-state index contributed by atoms with van der Waals surface area (Å²) < 4.78 is 0. The van der Waals surface area contributed by atoms with Crippen molar-refractivity contribution in [3.63, 3.8) is 0 Å². The number of hydrogen-bond acceptors (Lipinski definition) is 2. The molecule has 1 heterocycles. The Morgan fingerprint density at radius 1 is 1.32 bits per heavy atom. The van der Waals surface area contributed by atoms with Gasteiger partial charge in [0.2, 0.25) is 5.91 Å². The number of fused-ring (bicyclic) bond motifs is 1. The molecule has 3 rings (SSSR count). The molecular weight excluding hydrogens is 238 g/mol. The van der Waals surface area contributed by atoms with Crippen LogP contribution >= 0.6 is 0 Å². The molecule has 0 aromatic heterocycles. The van der Waals surface area contributed by atoms with E-state index in [0.717, 1.165) is 38.8 Å². The summed E-state index contributed by atoms with van der Waals surface area (Å²) in [4.78, 5) is 14.6. The number of amides is 1. The van der Waals surface area contributed by atoms with Crippen molar-refractivity contribution in [2.24, 2.45) is 5.92 Å². The minimum absolute atomic E-state index is 0.0439. The van der Waals surface area contributed by atoms with Crippen LogP contribution in [0.4, 0.5) is 0 Å². The third-order valence-corrected chi connectivity index (χ3v) is 4.52. The number of aliphatic hydroxyl groups is 1. The molecule has 1 aromatic rings. The van der Waals surface area contributed by atoms with Gasteiger partial charge in [-0.1, -0.05) is 24.3 Å². The SMILES string of the molecule is O=C(C1CCCc2ccccc21)N1CCC(CO)C1. The predicted molar refractivity (Wildman–Crippen MR) is 73.9 cm³/mol. The lowest BCUT2D eigenvalue weighted by Crippen LogP contribution is -2.35. The normalized spacial score (nSPS) is 26.3. The van der Waals surface area contributed by atoms with Crippen LogP contribution in [0.3, 0.4) is 0 Å². The van der Waals surface area contributed by atoms with E-state index in [9.17, 15) is 9.90 Å². The van der Waals surface area contributed by atoms with Gasteiger partial charge in [-0.15, -0.1) is 0 Å². The summed E-state index contributed by atoms with van der Waals surface area (Å²) in [5.74, 6) is 0.591. The number of carbonyl (C=O) groups is 1. The molecule has 0 saturated carbocycles. The first kappa shape index (κ1) is 12.7. The summed E-state index contributed by atoms with van der Waals surface area (Å²) in [7, 11) is 0. The molecule has 0 bridgehead atoms. The summed E-state index contributed by atoms with van der Waals surface area (Å²) in [5.41, 5.74) is 2.57. The smallest absolute Gasteiger partial charge is 0.230 e. The standard InChI is InChI=1S/C16H21NO2/c18-11-12-8-9-17(10-12)16(19)15-7-3-5-13-4-1-2-6-14(13)15/h1-2,4,6,12,15,18H,3,5,7-11H2. The van der Waals surface area contributed by atoms with E-state index in [0.29, 0.717) is 0 Å². The van der Waals surface area contributed by atoms with E-state index < -0.39 is 0 Å². The van der Waals surface area contributed by atoms with Crippen molar-refractivity contribution in [1.29, 1.82) is 0 Å². The van der Waals surface area contributed by atoms with Gasteiger partial charge in [-0.25, -0.2) is 0 Å². The van der Waals surface area contributed by atoms with Crippen LogP contribution in [0.2, 0.25) is 0 Å². The molecule has 1 N–H and O–H groups in total. The van der Waals surface area contributed by atoms with Crippen LogP contribution in [0.5, 0.6) is 0 Å². The molecule has 3 heteroatoms. The van der Waals surface area contributed by atoms with E-state index >= 15 is 0 Å². The fourth-order valence-electron chi connectivity index (χ4n) is 3.41. The Kier molecular flexibility index (Phi) is 3.56. The van der Waals surface area contributed by atoms with Gasteiger partial charge in [-0.05, 0) is 36.8 Å². The molecule has 0 spiro atoms. The topological polar surface area (TPSA) is 40.5 Å². The molecule has 0 radical (unpaired) electrons. The van der Waals surface area contributed by atoms with Crippen LogP contribution in [-0.2, 0) is 11.2 Å². The Morgan fingerprint density at radius 2 is 2.16 bits per heavy atom. The molecule has 2 unspecified atom stereocenters. The second kappa shape index (κ2) is 5.33. The fourth-order valence-corrected chi connectivity index (χ4v) is 3.41. The van der Waals surface area contributed by atoms with Crippen LogP contribution in [-0.4, -0.2) is 35.6 Å². The van der Waals surface area contributed by atoms with Crippen molar-refractivity contribution in [2.75, 3.05) is 19.7 Å². The molecule has 1 fully saturated rings. The fraction of sp³-hybridized carbons (Fsp3) is 0.562. The summed E-state index contributed by atoms with van der Waals surface area (Å²) in [6.45, 7) is 1.74. The Morgan fingerprint density at radius 3 is 2.95 bits per heavy atom. The number of benzene rings is 1. The second-order valence-electron chi connectivity index (χ2n) is 5.77. The highest BCUT2D eigenvalue weighted by atomic mass is 16.3. The lowest BCUT2D eigenvalue weighted by atomic mass is 9.82. The zero-order valence-corrected chi connectivity index (χ0v) is 11.2. The third-order valence-electron chi connectivity index (χ3n) is 4.52. The molecular formula is C16H21NO2. The Hall–Kier alpha value is -1.35. The number of aryl methyl sites for hydroxylation is 1. The van der Waals surface area contributed by atoms with E-state index in [1.165, 1.54) is 11.1 Å². The number of nitrogens with zero attached hydrogens (tertiary/aromatic N) is 1. The van der Waals surface area contributed by atoms with Crippen LogP contribution in [0.1, 0.15) is 36.3 Å². The number of carbonyl (C=O) groups excluding carboxylic acids is 1. The van der Waals surface area contributed by atoms with E-state index in [2.05, 4.69) is 18.2 Å². The second-order valence-corrected chi connectivity index (χ2v) is 5.77. The van der Waals surface area contributed by atoms with Crippen LogP contribution in [0, 0.1) is 5.92 Å². The van der Waals surface area contributed by atoms with Gasteiger partial charge in [0.15, 0.2) is 0 Å². The van der Waals surface area contributed by atoms with Crippen molar-refractivity contribution >= 4 is 5.91 Å². The summed E-state index contributed by atoms with van der Waals surface area (Å²) >= 11 is 0. The first-order valence-corrected chi connectivity index (χ1v) is 7.27. The number of rotatable bonds is 2. The minimum Gasteiger partial charge on any atom is -0.396 e. The molecule has 1 aliphatic heterocycles. The van der Waals surface area contributed by atoms with Crippen LogP contribution in [0.15, 0.2) is 24.3 Å². The van der Waals surface area contributed by atoms with E-state index in [-0.39, 0.29) is 24.3 Å². The van der Waals surface area contributed by atoms with Gasteiger partial charge in [-0.3, -0.25) is 4.79 Å². The molecule has 102 valence electrons. The van der Waals surface area contributed by atoms with E-state index in [1.54, 1.807) is 0 Å². The first-order valence-electron chi connectivity index (χ1n) is 7.27. The number of aliphatic hydroxyl groups excluding tert-OH is 1. The Bertz CT molecular complexity index is 472. The van der Waals surface area contributed by atoms with Crippen LogP contribution in [0.25, 0.3) is 0 Å². The van der Waals surface area contributed by atoms with Gasteiger partial charge >= 0.3 is 0 Å². The molecule has 1 aromatic carbocycles. The highest BCUT2D eigenvalue weighted by molar-refractivity contribution is 5.84. The molecule has 2 atom stereocenters. The van der Waals surface area contributed by atoms with Gasteiger partial charge < -0.3 is 10.0 Å². The highest BCUT2D eigenvalue weighted by Gasteiger charge is 2.33. The van der Waals surface area contributed by atoms with Crippen molar-refractivity contribution in [3.05, 3.63) is 35.4 Å². The maximum atomic E-state index is 12.7. The van der Waals surface area contributed by atoms with Gasteiger partial charge in [0.05, 0.1) is 5.92 Å². The minimum atomic E-state index is 0.0439. The summed E-state index contributed by atoms with van der Waals surface area (Å²) in [6.07, 6.45) is 4.11. The van der Waals surface area contributed by atoms with Crippen molar-refractivity contribution in [3.8, 4) is 0 Å². The summed E-state index contributed by atoms with van der Waals surface area (Å²) in [5, 5.41) is 9.20. The lowest BCUT2D eigenvalue weighted by Gasteiger charge is -2.28. The largest absolute Gasteiger partial charge is 0.396 e.